The second-order valence-electron chi connectivity index (χ2n) is 7.35. The zero-order chi connectivity index (χ0) is 21.9. The second kappa shape index (κ2) is 12.1. The summed E-state index contributed by atoms with van der Waals surface area (Å²) < 4.78 is 16.7. The molecule has 1 atom stereocenters. The van der Waals surface area contributed by atoms with Crippen LogP contribution < -0.4 is 14.8 Å². The van der Waals surface area contributed by atoms with E-state index in [2.05, 4.69) is 17.4 Å². The van der Waals surface area contributed by atoms with Gasteiger partial charge in [0.1, 0.15) is 17.6 Å². The standard InChI is InChI=1S/C26H31NO4/c1-29-24-12-8-21(9-13-24)26(22-10-14-25(30-2)15-11-22)31-19-23(28)18-27-17-16-20-6-4-3-5-7-20/h3-15,23,26-28H,16-19H2,1-2H3/t23-/m0/s1. The highest BCUT2D eigenvalue weighted by molar-refractivity contribution is 5.36. The molecule has 0 aliphatic heterocycles. The largest absolute Gasteiger partial charge is 0.497 e. The molecule has 0 aliphatic carbocycles. The first-order chi connectivity index (χ1) is 15.2. The van der Waals surface area contributed by atoms with Crippen LogP contribution in [0.2, 0.25) is 0 Å². The minimum Gasteiger partial charge on any atom is -0.497 e. The number of aliphatic hydroxyl groups excluding tert-OH is 1. The molecular weight excluding hydrogens is 390 g/mol. The van der Waals surface area contributed by atoms with Gasteiger partial charge in [0.15, 0.2) is 0 Å². The Labute approximate surface area is 184 Å². The van der Waals surface area contributed by atoms with Crippen LogP contribution in [-0.2, 0) is 11.2 Å². The number of hydrogen-bond acceptors (Lipinski definition) is 5. The molecule has 0 fully saturated rings. The highest BCUT2D eigenvalue weighted by Gasteiger charge is 2.17. The SMILES string of the molecule is COc1ccc(C(OC[C@@H](O)CNCCc2ccccc2)c2ccc(OC)cc2)cc1. The Bertz CT molecular complexity index is 834. The molecule has 0 heterocycles. The third-order valence-corrected chi connectivity index (χ3v) is 5.11. The van der Waals surface area contributed by atoms with Gasteiger partial charge in [-0.2, -0.15) is 0 Å². The average Bonchev–Trinajstić information content (AvgIpc) is 2.83. The molecule has 0 saturated heterocycles. The van der Waals surface area contributed by atoms with E-state index < -0.39 is 6.10 Å². The minimum absolute atomic E-state index is 0.223. The predicted molar refractivity (Wildman–Crippen MR) is 123 cm³/mol. The Kier molecular flexibility index (Phi) is 8.91. The molecule has 2 N–H and O–H groups in total. The van der Waals surface area contributed by atoms with Crippen LogP contribution in [0.15, 0.2) is 78.9 Å². The molecule has 3 aromatic carbocycles. The van der Waals surface area contributed by atoms with Gasteiger partial charge >= 0.3 is 0 Å². The number of benzene rings is 3. The Balaban J connectivity index is 1.56. The van der Waals surface area contributed by atoms with E-state index in [0.717, 1.165) is 35.6 Å². The Morgan fingerprint density at radius 2 is 1.32 bits per heavy atom. The summed E-state index contributed by atoms with van der Waals surface area (Å²) in [7, 11) is 3.29. The van der Waals surface area contributed by atoms with Crippen LogP contribution in [0.3, 0.4) is 0 Å². The molecule has 0 amide bonds. The van der Waals surface area contributed by atoms with E-state index >= 15 is 0 Å². The lowest BCUT2D eigenvalue weighted by molar-refractivity contribution is 0.00668. The molecule has 3 aromatic rings. The van der Waals surface area contributed by atoms with Crippen molar-refractivity contribution >= 4 is 0 Å². The predicted octanol–water partition coefficient (Wildman–Crippen LogP) is 4.00. The van der Waals surface area contributed by atoms with E-state index in [1.807, 2.05) is 66.7 Å². The Hall–Kier alpha value is -2.86. The maximum Gasteiger partial charge on any atom is 0.118 e. The van der Waals surface area contributed by atoms with Crippen molar-refractivity contribution in [1.82, 2.24) is 5.32 Å². The summed E-state index contributed by atoms with van der Waals surface area (Å²) in [6.07, 6.45) is 0.0277. The van der Waals surface area contributed by atoms with Crippen LogP contribution in [0.5, 0.6) is 11.5 Å². The first-order valence-electron chi connectivity index (χ1n) is 10.5. The first kappa shape index (κ1) is 22.8. The molecule has 0 aliphatic rings. The lowest BCUT2D eigenvalue weighted by Crippen LogP contribution is -2.32. The van der Waals surface area contributed by atoms with Gasteiger partial charge in [0, 0.05) is 6.54 Å². The van der Waals surface area contributed by atoms with Gasteiger partial charge in [-0.1, -0.05) is 54.6 Å². The fourth-order valence-electron chi connectivity index (χ4n) is 3.35. The summed E-state index contributed by atoms with van der Waals surface area (Å²) in [6.45, 7) is 1.51. The van der Waals surface area contributed by atoms with E-state index in [1.54, 1.807) is 14.2 Å². The van der Waals surface area contributed by atoms with Crippen LogP contribution in [0, 0.1) is 0 Å². The van der Waals surface area contributed by atoms with Crippen molar-refractivity contribution in [2.75, 3.05) is 33.9 Å². The van der Waals surface area contributed by atoms with Gasteiger partial charge < -0.3 is 24.6 Å². The Morgan fingerprint density at radius 1 is 0.774 bits per heavy atom. The zero-order valence-corrected chi connectivity index (χ0v) is 18.2. The maximum absolute atomic E-state index is 10.4. The van der Waals surface area contributed by atoms with Crippen molar-refractivity contribution in [2.24, 2.45) is 0 Å². The van der Waals surface area contributed by atoms with Gasteiger partial charge in [-0.15, -0.1) is 0 Å². The van der Waals surface area contributed by atoms with Crippen LogP contribution in [-0.4, -0.2) is 45.1 Å². The van der Waals surface area contributed by atoms with Crippen molar-refractivity contribution in [3.63, 3.8) is 0 Å². The van der Waals surface area contributed by atoms with Crippen molar-refractivity contribution in [1.29, 1.82) is 0 Å². The number of aliphatic hydroxyl groups is 1. The van der Waals surface area contributed by atoms with Crippen LogP contribution in [0.4, 0.5) is 0 Å². The number of rotatable bonds is 12. The van der Waals surface area contributed by atoms with E-state index in [-0.39, 0.29) is 12.7 Å². The summed E-state index contributed by atoms with van der Waals surface area (Å²) in [6, 6.07) is 25.9. The first-order valence-corrected chi connectivity index (χ1v) is 10.5. The average molecular weight is 422 g/mol. The fraction of sp³-hybridized carbons (Fsp3) is 0.308. The lowest BCUT2D eigenvalue weighted by atomic mass is 10.0. The highest BCUT2D eigenvalue weighted by atomic mass is 16.5. The quantitative estimate of drug-likeness (QED) is 0.433. The van der Waals surface area contributed by atoms with E-state index in [9.17, 15) is 5.11 Å². The molecular formula is C26H31NO4. The van der Waals surface area contributed by atoms with Crippen LogP contribution in [0.25, 0.3) is 0 Å². The van der Waals surface area contributed by atoms with Gasteiger partial charge in [-0.3, -0.25) is 0 Å². The number of hydrogen-bond donors (Lipinski definition) is 2. The third kappa shape index (κ3) is 7.10. The van der Waals surface area contributed by atoms with E-state index in [4.69, 9.17) is 14.2 Å². The summed E-state index contributed by atoms with van der Waals surface area (Å²) in [5, 5.41) is 13.7. The molecule has 0 radical (unpaired) electrons. The van der Waals surface area contributed by atoms with E-state index in [1.165, 1.54) is 5.56 Å². The number of ether oxygens (including phenoxy) is 3. The molecule has 0 unspecified atom stereocenters. The monoisotopic (exact) mass is 421 g/mol. The minimum atomic E-state index is -0.602. The number of methoxy groups -OCH3 is 2. The molecule has 5 heteroatoms. The van der Waals surface area contributed by atoms with Crippen molar-refractivity contribution in [3.05, 3.63) is 95.6 Å². The second-order valence-corrected chi connectivity index (χ2v) is 7.35. The maximum atomic E-state index is 10.4. The number of nitrogens with one attached hydrogen (secondary N) is 1. The normalized spacial score (nSPS) is 12.0. The van der Waals surface area contributed by atoms with Crippen molar-refractivity contribution in [2.45, 2.75) is 18.6 Å². The molecule has 3 rings (SSSR count). The summed E-state index contributed by atoms with van der Waals surface area (Å²) >= 11 is 0. The van der Waals surface area contributed by atoms with Gasteiger partial charge in [0.25, 0.3) is 0 Å². The summed E-state index contributed by atoms with van der Waals surface area (Å²) in [4.78, 5) is 0. The molecule has 0 saturated carbocycles. The van der Waals surface area contributed by atoms with E-state index in [0.29, 0.717) is 6.54 Å². The molecule has 5 nitrogen and oxygen atoms in total. The molecule has 164 valence electrons. The lowest BCUT2D eigenvalue weighted by Gasteiger charge is -2.22. The highest BCUT2D eigenvalue weighted by Crippen LogP contribution is 2.29. The topological polar surface area (TPSA) is 60.0 Å². The van der Waals surface area contributed by atoms with Gasteiger partial charge in [0.2, 0.25) is 0 Å². The smallest absolute Gasteiger partial charge is 0.118 e. The van der Waals surface area contributed by atoms with Gasteiger partial charge in [-0.05, 0) is 53.9 Å². The molecule has 0 spiro atoms. The van der Waals surface area contributed by atoms with Crippen molar-refractivity contribution in [3.8, 4) is 11.5 Å². The van der Waals surface area contributed by atoms with Gasteiger partial charge in [-0.25, -0.2) is 0 Å². The summed E-state index contributed by atoms with van der Waals surface area (Å²) in [5.74, 6) is 1.58. The van der Waals surface area contributed by atoms with Crippen LogP contribution >= 0.6 is 0 Å². The van der Waals surface area contributed by atoms with Crippen molar-refractivity contribution < 1.29 is 19.3 Å². The third-order valence-electron chi connectivity index (χ3n) is 5.11. The fourth-order valence-corrected chi connectivity index (χ4v) is 3.35. The Morgan fingerprint density at radius 3 is 1.84 bits per heavy atom. The zero-order valence-electron chi connectivity index (χ0n) is 18.2. The summed E-state index contributed by atoms with van der Waals surface area (Å²) in [5.41, 5.74) is 3.27. The van der Waals surface area contributed by atoms with Crippen LogP contribution in [0.1, 0.15) is 22.8 Å². The molecule has 0 aromatic heterocycles. The molecule has 31 heavy (non-hydrogen) atoms. The molecule has 0 bridgehead atoms. The van der Waals surface area contributed by atoms with Gasteiger partial charge in [0.05, 0.1) is 26.9 Å².